The Morgan fingerprint density at radius 2 is 1.64 bits per heavy atom. The Balaban J connectivity index is 0.00000441. The molecule has 4 N–H and O–H groups in total. The highest BCUT2D eigenvalue weighted by molar-refractivity contribution is 5.85. The first-order valence-electron chi connectivity index (χ1n) is 7.14. The number of benzene rings is 1. The predicted molar refractivity (Wildman–Crippen MR) is 91.9 cm³/mol. The molecule has 0 atom stereocenters. The van der Waals surface area contributed by atoms with E-state index in [1.54, 1.807) is 0 Å². The van der Waals surface area contributed by atoms with Crippen LogP contribution in [0.3, 0.4) is 0 Å². The Hall–Kier alpha value is -1.75. The summed E-state index contributed by atoms with van der Waals surface area (Å²) in [5, 5.41) is 5.41. The number of halogens is 1. The fraction of sp³-hybridized carbons (Fsp3) is 0.500. The Morgan fingerprint density at radius 3 is 2.18 bits per heavy atom. The second-order valence-corrected chi connectivity index (χ2v) is 6.36. The molecule has 1 aromatic rings. The molecule has 1 aromatic carbocycles. The van der Waals surface area contributed by atoms with Gasteiger partial charge in [0.1, 0.15) is 0 Å². The van der Waals surface area contributed by atoms with Crippen molar-refractivity contribution in [3.05, 3.63) is 29.8 Å². The lowest BCUT2D eigenvalue weighted by atomic mass is 9.92. The van der Waals surface area contributed by atoms with Gasteiger partial charge < -0.3 is 16.4 Å². The maximum atomic E-state index is 11.6. The minimum atomic E-state index is -0.173. The zero-order valence-electron chi connectivity index (χ0n) is 13.4. The molecule has 124 valence electrons. The van der Waals surface area contributed by atoms with Gasteiger partial charge in [0.2, 0.25) is 11.8 Å². The van der Waals surface area contributed by atoms with Gasteiger partial charge in [0, 0.05) is 18.7 Å². The Labute approximate surface area is 138 Å². The summed E-state index contributed by atoms with van der Waals surface area (Å²) in [6.45, 7) is 6.52. The minimum absolute atomic E-state index is 0. The van der Waals surface area contributed by atoms with Crippen LogP contribution in [0.4, 0.5) is 5.69 Å². The maximum Gasteiger partial charge on any atom is 0.239 e. The summed E-state index contributed by atoms with van der Waals surface area (Å²) in [5.74, 6) is -0.274. The Bertz CT molecular complexity index is 481. The third-order valence-electron chi connectivity index (χ3n) is 2.85. The van der Waals surface area contributed by atoms with Crippen molar-refractivity contribution < 1.29 is 9.59 Å². The van der Waals surface area contributed by atoms with Crippen LogP contribution in [0, 0.1) is 5.41 Å². The number of rotatable bonds is 6. The summed E-state index contributed by atoms with van der Waals surface area (Å²) >= 11 is 0. The lowest BCUT2D eigenvalue weighted by molar-refractivity contribution is -0.127. The molecular weight excluding hydrogens is 302 g/mol. The number of anilines is 1. The highest BCUT2D eigenvalue weighted by Crippen LogP contribution is 2.17. The number of nitrogens with two attached hydrogens (primary N) is 1. The number of nitrogen functional groups attached to an aromatic ring is 1. The highest BCUT2D eigenvalue weighted by atomic mass is 35.5. The van der Waals surface area contributed by atoms with Crippen LogP contribution < -0.4 is 16.4 Å². The molecule has 0 aliphatic heterocycles. The van der Waals surface area contributed by atoms with Crippen molar-refractivity contribution in [3.8, 4) is 0 Å². The van der Waals surface area contributed by atoms with Crippen molar-refractivity contribution in [2.24, 2.45) is 5.41 Å². The summed E-state index contributed by atoms with van der Waals surface area (Å²) in [6.07, 6.45) is 1.15. The maximum absolute atomic E-state index is 11.6. The molecule has 2 amide bonds. The summed E-state index contributed by atoms with van der Waals surface area (Å²) in [6, 6.07) is 7.55. The molecule has 0 saturated heterocycles. The smallest absolute Gasteiger partial charge is 0.239 e. The monoisotopic (exact) mass is 327 g/mol. The summed E-state index contributed by atoms with van der Waals surface area (Å²) in [5.41, 5.74) is 7.37. The van der Waals surface area contributed by atoms with Gasteiger partial charge in [0.15, 0.2) is 0 Å². The average molecular weight is 328 g/mol. The van der Waals surface area contributed by atoms with Crippen LogP contribution in [-0.2, 0) is 16.0 Å². The van der Waals surface area contributed by atoms with Crippen LogP contribution in [0.1, 0.15) is 32.8 Å². The van der Waals surface area contributed by atoms with Gasteiger partial charge in [0.05, 0.1) is 6.54 Å². The second-order valence-electron chi connectivity index (χ2n) is 6.36. The lowest BCUT2D eigenvalue weighted by Crippen LogP contribution is -2.38. The normalized spacial score (nSPS) is 10.5. The van der Waals surface area contributed by atoms with E-state index >= 15 is 0 Å². The molecule has 5 nitrogen and oxygen atoms in total. The Kier molecular flexibility index (Phi) is 8.56. The third-order valence-corrected chi connectivity index (χ3v) is 2.85. The number of hydrogen-bond donors (Lipinski definition) is 3. The van der Waals surface area contributed by atoms with E-state index in [1.807, 2.05) is 45.0 Å². The molecule has 0 radical (unpaired) electrons. The predicted octanol–water partition coefficient (Wildman–Crippen LogP) is 1.90. The SMILES string of the molecule is CC(C)(C)CC(=O)NCC(=O)NCCc1ccc(N)cc1.Cl. The van der Waals surface area contributed by atoms with Crippen molar-refractivity contribution in [1.29, 1.82) is 0 Å². The van der Waals surface area contributed by atoms with Gasteiger partial charge in [-0.3, -0.25) is 9.59 Å². The number of amides is 2. The Morgan fingerprint density at radius 1 is 1.05 bits per heavy atom. The van der Waals surface area contributed by atoms with Gasteiger partial charge in [-0.05, 0) is 29.5 Å². The van der Waals surface area contributed by atoms with Crippen molar-refractivity contribution in [1.82, 2.24) is 10.6 Å². The summed E-state index contributed by atoms with van der Waals surface area (Å²) in [4.78, 5) is 23.2. The summed E-state index contributed by atoms with van der Waals surface area (Å²) in [7, 11) is 0. The third kappa shape index (κ3) is 9.23. The highest BCUT2D eigenvalue weighted by Gasteiger charge is 2.16. The molecule has 0 unspecified atom stereocenters. The van der Waals surface area contributed by atoms with Crippen LogP contribution in [0.5, 0.6) is 0 Å². The van der Waals surface area contributed by atoms with Gasteiger partial charge in [0.25, 0.3) is 0 Å². The van der Waals surface area contributed by atoms with Gasteiger partial charge >= 0.3 is 0 Å². The average Bonchev–Trinajstić information content (AvgIpc) is 2.37. The van der Waals surface area contributed by atoms with E-state index in [9.17, 15) is 9.59 Å². The second kappa shape index (κ2) is 9.30. The van der Waals surface area contributed by atoms with E-state index in [0.717, 1.165) is 17.7 Å². The molecule has 0 aliphatic carbocycles. The zero-order valence-corrected chi connectivity index (χ0v) is 14.3. The molecule has 0 fully saturated rings. The van der Waals surface area contributed by atoms with E-state index in [1.165, 1.54) is 0 Å². The van der Waals surface area contributed by atoms with E-state index in [2.05, 4.69) is 10.6 Å². The molecule has 0 heterocycles. The zero-order chi connectivity index (χ0) is 15.9. The van der Waals surface area contributed by atoms with Gasteiger partial charge in [-0.25, -0.2) is 0 Å². The van der Waals surface area contributed by atoms with Crippen molar-refractivity contribution in [2.75, 3.05) is 18.8 Å². The van der Waals surface area contributed by atoms with E-state index in [-0.39, 0.29) is 36.2 Å². The number of nitrogens with one attached hydrogen (secondary N) is 2. The number of hydrogen-bond acceptors (Lipinski definition) is 3. The first-order chi connectivity index (χ1) is 9.76. The quantitative estimate of drug-likeness (QED) is 0.698. The molecule has 1 rings (SSSR count). The van der Waals surface area contributed by atoms with Crippen molar-refractivity contribution in [3.63, 3.8) is 0 Å². The van der Waals surface area contributed by atoms with Gasteiger partial charge in [-0.2, -0.15) is 0 Å². The van der Waals surface area contributed by atoms with Crippen molar-refractivity contribution in [2.45, 2.75) is 33.6 Å². The molecule has 0 aromatic heterocycles. The molecule has 0 aliphatic rings. The van der Waals surface area contributed by atoms with E-state index < -0.39 is 0 Å². The van der Waals surface area contributed by atoms with E-state index in [0.29, 0.717) is 13.0 Å². The summed E-state index contributed by atoms with van der Waals surface area (Å²) < 4.78 is 0. The standard InChI is InChI=1S/C16H25N3O2.ClH/c1-16(2,3)10-14(20)19-11-15(21)18-9-8-12-4-6-13(17)7-5-12;/h4-7H,8-11,17H2,1-3H3,(H,18,21)(H,19,20);1H. The molecule has 0 bridgehead atoms. The van der Waals surface area contributed by atoms with E-state index in [4.69, 9.17) is 5.73 Å². The minimum Gasteiger partial charge on any atom is -0.399 e. The van der Waals surface area contributed by atoms with Crippen LogP contribution >= 0.6 is 12.4 Å². The largest absolute Gasteiger partial charge is 0.399 e. The first kappa shape index (κ1) is 20.2. The van der Waals surface area contributed by atoms with Crippen molar-refractivity contribution >= 4 is 29.9 Å². The lowest BCUT2D eigenvalue weighted by Gasteiger charge is -2.17. The number of carbonyl (C=O) groups excluding carboxylic acids is 2. The molecule has 0 saturated carbocycles. The fourth-order valence-corrected chi connectivity index (χ4v) is 1.82. The van der Waals surface area contributed by atoms with Crippen LogP contribution in [0.25, 0.3) is 0 Å². The van der Waals surface area contributed by atoms with Crippen LogP contribution in [-0.4, -0.2) is 24.9 Å². The van der Waals surface area contributed by atoms with Crippen LogP contribution in [0.2, 0.25) is 0 Å². The van der Waals surface area contributed by atoms with Gasteiger partial charge in [-0.15, -0.1) is 12.4 Å². The molecule has 22 heavy (non-hydrogen) atoms. The number of carbonyl (C=O) groups is 2. The topological polar surface area (TPSA) is 84.2 Å². The first-order valence-corrected chi connectivity index (χ1v) is 7.14. The molecule has 0 spiro atoms. The van der Waals surface area contributed by atoms with Gasteiger partial charge in [-0.1, -0.05) is 32.9 Å². The molecular formula is C16H26ClN3O2. The fourth-order valence-electron chi connectivity index (χ4n) is 1.82. The van der Waals surface area contributed by atoms with Crippen LogP contribution in [0.15, 0.2) is 24.3 Å². The molecule has 6 heteroatoms.